The van der Waals surface area contributed by atoms with Crippen LogP contribution in [0.2, 0.25) is 0 Å². The zero-order valence-electron chi connectivity index (χ0n) is 15.5. The van der Waals surface area contributed by atoms with E-state index < -0.39 is 28.4 Å². The average Bonchev–Trinajstić information content (AvgIpc) is 2.44. The first-order valence-corrected chi connectivity index (χ1v) is 10.1. The molecule has 0 saturated carbocycles. The van der Waals surface area contributed by atoms with E-state index in [0.29, 0.717) is 0 Å². The third-order valence-electron chi connectivity index (χ3n) is 2.36. The van der Waals surface area contributed by atoms with Crippen LogP contribution in [0.4, 0.5) is 13.2 Å². The van der Waals surface area contributed by atoms with Crippen molar-refractivity contribution < 1.29 is 37.0 Å². The highest BCUT2D eigenvalue weighted by Gasteiger charge is 2.39. The largest absolute Gasteiger partial charge is 0.471 e. The Hall–Kier alpha value is -0.650. The molecule has 0 aliphatic carbocycles. The molecule has 0 aliphatic heterocycles. The number of amides is 1. The minimum atomic E-state index is -4.88. The Labute approximate surface area is 159 Å². The van der Waals surface area contributed by atoms with Gasteiger partial charge in [0.2, 0.25) is 0 Å². The van der Waals surface area contributed by atoms with Crippen molar-refractivity contribution >= 4 is 33.5 Å². The molecule has 0 bridgehead atoms. The molecule has 0 unspecified atom stereocenters. The van der Waals surface area contributed by atoms with E-state index in [1.54, 1.807) is 34.6 Å². The van der Waals surface area contributed by atoms with Crippen LogP contribution < -0.4 is 5.32 Å². The van der Waals surface area contributed by atoms with E-state index in [1.165, 1.54) is 21.6 Å². The third kappa shape index (κ3) is 14.5. The van der Waals surface area contributed by atoms with Crippen LogP contribution in [0.1, 0.15) is 34.6 Å². The molecule has 154 valence electrons. The van der Waals surface area contributed by atoms with E-state index in [4.69, 9.17) is 14.2 Å². The van der Waals surface area contributed by atoms with Crippen LogP contribution in [-0.2, 0) is 23.8 Å². The lowest BCUT2D eigenvalue weighted by Crippen LogP contribution is -2.42. The SMILES string of the molecule is CC(C)(C)OC(=O)COCCOCSSC(C)(C)CNC(=O)C(F)(F)F. The van der Waals surface area contributed by atoms with E-state index in [9.17, 15) is 22.8 Å². The van der Waals surface area contributed by atoms with Crippen LogP contribution in [0, 0.1) is 0 Å². The summed E-state index contributed by atoms with van der Waals surface area (Å²) in [5.41, 5.74) is -0.558. The molecule has 0 rings (SSSR count). The Morgan fingerprint density at radius 3 is 2.12 bits per heavy atom. The fraction of sp³-hybridized carbons (Fsp3) is 0.867. The first-order chi connectivity index (χ1) is 11.7. The van der Waals surface area contributed by atoms with Crippen molar-refractivity contribution in [3.8, 4) is 0 Å². The molecule has 0 aliphatic rings. The Morgan fingerprint density at radius 2 is 1.58 bits per heavy atom. The normalized spacial score (nSPS) is 12.8. The second-order valence-electron chi connectivity index (χ2n) is 6.81. The first kappa shape index (κ1) is 25.4. The van der Waals surface area contributed by atoms with Gasteiger partial charge in [-0.15, -0.1) is 0 Å². The molecule has 11 heteroatoms. The summed E-state index contributed by atoms with van der Waals surface area (Å²) in [6.07, 6.45) is -4.88. The number of nitrogens with one attached hydrogen (secondary N) is 1. The maximum atomic E-state index is 12.1. The highest BCUT2D eigenvalue weighted by molar-refractivity contribution is 8.77. The molecular formula is C15H26F3NO5S2. The Kier molecular flexibility index (Phi) is 11.0. The highest BCUT2D eigenvalue weighted by Crippen LogP contribution is 2.35. The summed E-state index contributed by atoms with van der Waals surface area (Å²) in [7, 11) is 2.61. The maximum absolute atomic E-state index is 12.1. The Morgan fingerprint density at radius 1 is 1.00 bits per heavy atom. The Balaban J connectivity index is 3.70. The topological polar surface area (TPSA) is 73.9 Å². The first-order valence-electron chi connectivity index (χ1n) is 7.76. The van der Waals surface area contributed by atoms with Crippen molar-refractivity contribution in [2.45, 2.75) is 51.1 Å². The lowest BCUT2D eigenvalue weighted by Gasteiger charge is -2.23. The van der Waals surface area contributed by atoms with E-state index >= 15 is 0 Å². The number of esters is 1. The van der Waals surface area contributed by atoms with Gasteiger partial charge in [0.15, 0.2) is 0 Å². The van der Waals surface area contributed by atoms with Gasteiger partial charge in [0.05, 0.1) is 13.2 Å². The number of halogens is 3. The number of ether oxygens (including phenoxy) is 3. The predicted octanol–water partition coefficient (Wildman–Crippen LogP) is 3.16. The van der Waals surface area contributed by atoms with Crippen molar-refractivity contribution in [2.75, 3.05) is 32.3 Å². The molecule has 0 aromatic heterocycles. The summed E-state index contributed by atoms with van der Waals surface area (Å²) < 4.78 is 51.3. The smallest absolute Gasteiger partial charge is 0.458 e. The predicted molar refractivity (Wildman–Crippen MR) is 95.8 cm³/mol. The number of carbonyl (C=O) groups is 2. The van der Waals surface area contributed by atoms with Crippen LogP contribution in [0.3, 0.4) is 0 Å². The molecular weight excluding hydrogens is 395 g/mol. The number of carbonyl (C=O) groups excluding carboxylic acids is 2. The molecule has 0 aromatic carbocycles. The molecule has 0 aromatic rings. The zero-order valence-corrected chi connectivity index (χ0v) is 17.2. The molecule has 0 fully saturated rings. The average molecular weight is 422 g/mol. The van der Waals surface area contributed by atoms with Crippen molar-refractivity contribution in [2.24, 2.45) is 0 Å². The lowest BCUT2D eigenvalue weighted by molar-refractivity contribution is -0.173. The van der Waals surface area contributed by atoms with Gasteiger partial charge < -0.3 is 19.5 Å². The molecule has 1 amide bonds. The number of alkyl halides is 3. The highest BCUT2D eigenvalue weighted by atomic mass is 33.1. The van der Waals surface area contributed by atoms with Crippen LogP contribution in [0.15, 0.2) is 0 Å². The van der Waals surface area contributed by atoms with Crippen LogP contribution in [0.25, 0.3) is 0 Å². The van der Waals surface area contributed by atoms with Gasteiger partial charge in [-0.2, -0.15) is 13.2 Å². The Bertz CT molecular complexity index is 454. The summed E-state index contributed by atoms with van der Waals surface area (Å²) in [4.78, 5) is 22.2. The van der Waals surface area contributed by atoms with Gasteiger partial charge in [-0.25, -0.2) is 4.79 Å². The van der Waals surface area contributed by atoms with Crippen molar-refractivity contribution in [3.63, 3.8) is 0 Å². The summed E-state index contributed by atoms with van der Waals surface area (Å²) in [5.74, 6) is -2.11. The lowest BCUT2D eigenvalue weighted by atomic mass is 10.2. The fourth-order valence-electron chi connectivity index (χ4n) is 1.34. The second kappa shape index (κ2) is 11.3. The quantitative estimate of drug-likeness (QED) is 0.238. The van der Waals surface area contributed by atoms with E-state index in [0.717, 1.165) is 0 Å². The van der Waals surface area contributed by atoms with Gasteiger partial charge in [-0.05, 0) is 34.6 Å². The molecule has 0 saturated heterocycles. The summed E-state index contributed by atoms with van der Waals surface area (Å²) in [6.45, 7) is 8.92. The molecule has 0 heterocycles. The van der Waals surface area contributed by atoms with Gasteiger partial charge in [0.1, 0.15) is 18.1 Å². The van der Waals surface area contributed by atoms with Gasteiger partial charge in [0.25, 0.3) is 0 Å². The van der Waals surface area contributed by atoms with Crippen molar-refractivity contribution in [1.82, 2.24) is 5.32 Å². The number of rotatable bonds is 11. The van der Waals surface area contributed by atoms with Crippen LogP contribution in [-0.4, -0.2) is 60.7 Å². The fourth-order valence-corrected chi connectivity index (χ4v) is 3.51. The summed E-state index contributed by atoms with van der Waals surface area (Å²) in [6, 6.07) is 0. The molecule has 26 heavy (non-hydrogen) atoms. The van der Waals surface area contributed by atoms with Gasteiger partial charge in [-0.1, -0.05) is 21.6 Å². The zero-order chi connectivity index (χ0) is 20.4. The number of hydrogen-bond acceptors (Lipinski definition) is 7. The maximum Gasteiger partial charge on any atom is 0.471 e. The second-order valence-corrected chi connectivity index (χ2v) is 9.76. The van der Waals surface area contributed by atoms with E-state index in [-0.39, 0.29) is 32.3 Å². The van der Waals surface area contributed by atoms with Crippen LogP contribution >= 0.6 is 21.6 Å². The molecule has 1 N–H and O–H groups in total. The van der Waals surface area contributed by atoms with Gasteiger partial charge in [-0.3, -0.25) is 4.79 Å². The van der Waals surface area contributed by atoms with E-state index in [2.05, 4.69) is 0 Å². The minimum Gasteiger partial charge on any atom is -0.458 e. The molecule has 6 nitrogen and oxygen atoms in total. The molecule has 0 atom stereocenters. The van der Waals surface area contributed by atoms with E-state index in [1.807, 2.05) is 5.32 Å². The monoisotopic (exact) mass is 421 g/mol. The van der Waals surface area contributed by atoms with Gasteiger partial charge >= 0.3 is 18.1 Å². The summed E-state index contributed by atoms with van der Waals surface area (Å²) in [5, 5.41) is 1.86. The van der Waals surface area contributed by atoms with Crippen molar-refractivity contribution in [3.05, 3.63) is 0 Å². The molecule has 0 radical (unpaired) electrons. The van der Waals surface area contributed by atoms with Crippen LogP contribution in [0.5, 0.6) is 0 Å². The standard InChI is InChI=1S/C15H26F3NO5S2/c1-13(2,3)24-11(20)8-22-6-7-23-10-25-26-14(4,5)9-19-12(21)15(16,17)18/h6-10H2,1-5H3,(H,19,21). The molecule has 0 spiro atoms. The van der Waals surface area contributed by atoms with Gasteiger partial charge in [0, 0.05) is 11.3 Å². The summed E-state index contributed by atoms with van der Waals surface area (Å²) >= 11 is 0. The minimum absolute atomic E-state index is 0.123. The number of hydrogen-bond donors (Lipinski definition) is 1. The third-order valence-corrected chi connectivity index (χ3v) is 5.33. The van der Waals surface area contributed by atoms with Crippen molar-refractivity contribution in [1.29, 1.82) is 0 Å².